The minimum atomic E-state index is -0.297. The topological polar surface area (TPSA) is 80.8 Å². The molecule has 3 aromatic heterocycles. The maximum Gasteiger partial charge on any atom is 0.116 e. The van der Waals surface area contributed by atoms with Crippen LogP contribution in [0.5, 0.6) is 0 Å². The normalized spacial score (nSPS) is 22.6. The van der Waals surface area contributed by atoms with Gasteiger partial charge in [0.25, 0.3) is 0 Å². The van der Waals surface area contributed by atoms with Crippen LogP contribution in [0.4, 0.5) is 0 Å². The zero-order chi connectivity index (χ0) is 23.8. The highest BCUT2D eigenvalue weighted by Crippen LogP contribution is 2.38. The fourth-order valence-corrected chi connectivity index (χ4v) is 6.71. The quantitative estimate of drug-likeness (QED) is 0.428. The summed E-state index contributed by atoms with van der Waals surface area (Å²) in [6.07, 6.45) is 5.45. The Labute approximate surface area is 209 Å². The molecule has 35 heavy (non-hydrogen) atoms. The van der Waals surface area contributed by atoms with Gasteiger partial charge in [-0.3, -0.25) is 14.7 Å². The van der Waals surface area contributed by atoms with Crippen LogP contribution in [-0.2, 0) is 4.74 Å². The van der Waals surface area contributed by atoms with Crippen molar-refractivity contribution in [3.05, 3.63) is 59.5 Å². The lowest BCUT2D eigenvalue weighted by Crippen LogP contribution is -2.54. The number of nitrogens with zero attached hydrogens (tertiary/aromatic N) is 5. The van der Waals surface area contributed by atoms with Gasteiger partial charge in [0.05, 0.1) is 35.2 Å². The van der Waals surface area contributed by atoms with Crippen molar-refractivity contribution in [2.45, 2.75) is 25.3 Å². The van der Waals surface area contributed by atoms with Gasteiger partial charge in [-0.1, -0.05) is 12.1 Å². The molecule has 0 aliphatic carbocycles. The number of thiophene rings is 1. The van der Waals surface area contributed by atoms with Crippen LogP contribution in [-0.4, -0.2) is 93.3 Å². The van der Waals surface area contributed by atoms with E-state index in [4.69, 9.17) is 4.74 Å². The molecule has 5 heterocycles. The highest BCUT2D eigenvalue weighted by atomic mass is 32.1. The first-order valence-corrected chi connectivity index (χ1v) is 13.2. The Balaban J connectivity index is 1.30. The highest BCUT2D eigenvalue weighted by molar-refractivity contribution is 7.19. The zero-order valence-electron chi connectivity index (χ0n) is 20.0. The number of morpholine rings is 1. The maximum absolute atomic E-state index is 9.85. The Bertz CT molecular complexity index is 1250. The number of hydrogen-bond acceptors (Lipinski definition) is 8. The molecule has 0 bridgehead atoms. The lowest BCUT2D eigenvalue weighted by atomic mass is 10.0. The Kier molecular flexibility index (Phi) is 6.53. The molecule has 1 aromatic carbocycles. The monoisotopic (exact) mass is 492 g/mol. The number of ether oxygens (including phenoxy) is 1. The predicted octanol–water partition coefficient (Wildman–Crippen LogP) is 3.24. The molecular formula is C26H32N6O2S. The highest BCUT2D eigenvalue weighted by Gasteiger charge is 2.35. The lowest BCUT2D eigenvalue weighted by molar-refractivity contribution is -0.0847. The first kappa shape index (κ1) is 23.0. The van der Waals surface area contributed by atoms with Crippen molar-refractivity contribution in [2.75, 3.05) is 52.4 Å². The molecule has 2 N–H and O–H groups in total. The molecule has 2 aliphatic heterocycles. The summed E-state index contributed by atoms with van der Waals surface area (Å²) >= 11 is 1.80. The first-order valence-electron chi connectivity index (χ1n) is 12.4. The van der Waals surface area contributed by atoms with Crippen LogP contribution in [0.1, 0.15) is 29.6 Å². The Morgan fingerprint density at radius 2 is 2.06 bits per heavy atom. The van der Waals surface area contributed by atoms with Gasteiger partial charge in [-0.25, -0.2) is 9.97 Å². The number of hydrogen-bond donors (Lipinski definition) is 2. The van der Waals surface area contributed by atoms with E-state index in [0.717, 1.165) is 61.5 Å². The molecule has 8 nitrogen and oxygen atoms in total. The van der Waals surface area contributed by atoms with E-state index in [1.165, 1.54) is 15.8 Å². The number of β-amino-alcohol motifs (C(OH)–C–C–N with tert-alkyl or cyclic N) is 1. The molecule has 0 saturated carbocycles. The second kappa shape index (κ2) is 9.93. The van der Waals surface area contributed by atoms with Gasteiger partial charge in [0, 0.05) is 74.0 Å². The summed E-state index contributed by atoms with van der Waals surface area (Å²) in [6, 6.07) is 10.8. The standard InChI is InChI=1S/C26H32N6O2S/c1-18(33)15-30-7-9-31(10-8-30)26(24-13-22-25(35-24)14-27-17-29-22)32-11-12-34-23(16-32)20-3-2-4-21-19(20)5-6-28-21/h2-6,13-14,17-18,23,26,28,33H,7-12,15-16H2,1H3. The van der Waals surface area contributed by atoms with Gasteiger partial charge >= 0.3 is 0 Å². The molecule has 9 heteroatoms. The van der Waals surface area contributed by atoms with Crippen molar-refractivity contribution in [2.24, 2.45) is 0 Å². The fourth-order valence-electron chi connectivity index (χ4n) is 5.56. The van der Waals surface area contributed by atoms with Crippen LogP contribution in [0, 0.1) is 0 Å². The number of fused-ring (bicyclic) bond motifs is 2. The van der Waals surface area contributed by atoms with Crippen molar-refractivity contribution in [3.63, 3.8) is 0 Å². The van der Waals surface area contributed by atoms with E-state index in [1.807, 2.05) is 19.3 Å². The predicted molar refractivity (Wildman–Crippen MR) is 138 cm³/mol. The number of aromatic nitrogens is 3. The number of nitrogens with one attached hydrogen (secondary N) is 1. The molecule has 0 amide bonds. The van der Waals surface area contributed by atoms with Gasteiger partial charge in [0.2, 0.25) is 0 Å². The molecule has 2 saturated heterocycles. The van der Waals surface area contributed by atoms with E-state index in [-0.39, 0.29) is 18.4 Å². The second-order valence-electron chi connectivity index (χ2n) is 9.62. The summed E-state index contributed by atoms with van der Waals surface area (Å²) in [7, 11) is 0. The summed E-state index contributed by atoms with van der Waals surface area (Å²) in [5.41, 5.74) is 3.41. The number of rotatable bonds is 6. The van der Waals surface area contributed by atoms with Gasteiger partial charge in [0.15, 0.2) is 0 Å². The van der Waals surface area contributed by atoms with Gasteiger partial charge in [-0.2, -0.15) is 0 Å². The summed E-state index contributed by atoms with van der Waals surface area (Å²) in [5, 5.41) is 11.1. The Hall–Kier alpha value is -2.40. The third-order valence-corrected chi connectivity index (χ3v) is 8.26. The van der Waals surface area contributed by atoms with Crippen molar-refractivity contribution in [3.8, 4) is 0 Å². The van der Waals surface area contributed by atoms with Crippen molar-refractivity contribution in [1.29, 1.82) is 0 Å². The third kappa shape index (κ3) is 4.72. The molecule has 184 valence electrons. The summed E-state index contributed by atoms with van der Waals surface area (Å²) < 4.78 is 7.46. The van der Waals surface area contributed by atoms with Crippen LogP contribution in [0.15, 0.2) is 49.1 Å². The van der Waals surface area contributed by atoms with E-state index in [9.17, 15) is 5.11 Å². The van der Waals surface area contributed by atoms with Crippen LogP contribution < -0.4 is 0 Å². The van der Waals surface area contributed by atoms with E-state index in [1.54, 1.807) is 17.7 Å². The van der Waals surface area contributed by atoms with Crippen molar-refractivity contribution < 1.29 is 9.84 Å². The Morgan fingerprint density at radius 3 is 2.89 bits per heavy atom. The maximum atomic E-state index is 9.85. The number of piperazine rings is 1. The largest absolute Gasteiger partial charge is 0.392 e. The van der Waals surface area contributed by atoms with Gasteiger partial charge in [0.1, 0.15) is 6.33 Å². The third-order valence-electron chi connectivity index (χ3n) is 7.16. The Morgan fingerprint density at radius 1 is 1.17 bits per heavy atom. The van der Waals surface area contributed by atoms with Crippen LogP contribution in [0.3, 0.4) is 0 Å². The van der Waals surface area contributed by atoms with Crippen LogP contribution in [0.2, 0.25) is 0 Å². The summed E-state index contributed by atoms with van der Waals surface area (Å²) in [4.78, 5) is 20.9. The number of benzene rings is 1. The smallest absolute Gasteiger partial charge is 0.116 e. The minimum absolute atomic E-state index is 0.0245. The van der Waals surface area contributed by atoms with Crippen LogP contribution >= 0.6 is 11.3 Å². The number of aromatic amines is 1. The zero-order valence-corrected chi connectivity index (χ0v) is 20.8. The number of aliphatic hydroxyl groups excluding tert-OH is 1. The molecule has 6 rings (SSSR count). The molecule has 0 radical (unpaired) electrons. The summed E-state index contributed by atoms with van der Waals surface area (Å²) in [6.45, 7) is 8.88. The first-order chi connectivity index (χ1) is 17.2. The molecule has 0 spiro atoms. The number of aliphatic hydroxyl groups is 1. The lowest BCUT2D eigenvalue weighted by Gasteiger charge is -2.46. The molecule has 3 atom stereocenters. The van der Waals surface area contributed by atoms with E-state index >= 15 is 0 Å². The molecule has 2 aliphatic rings. The van der Waals surface area contributed by atoms with E-state index in [0.29, 0.717) is 6.61 Å². The fraction of sp³-hybridized carbons (Fsp3) is 0.462. The van der Waals surface area contributed by atoms with Gasteiger partial charge in [-0.05, 0) is 30.7 Å². The average molecular weight is 493 g/mol. The second-order valence-corrected chi connectivity index (χ2v) is 10.7. The summed E-state index contributed by atoms with van der Waals surface area (Å²) in [5.74, 6) is 0. The molecular weight excluding hydrogens is 460 g/mol. The van der Waals surface area contributed by atoms with Gasteiger partial charge in [-0.15, -0.1) is 11.3 Å². The SMILES string of the molecule is CC(O)CN1CCN(C(c2cc3ncncc3s2)N2CCOC(c3cccc4[nH]ccc34)C2)CC1. The van der Waals surface area contributed by atoms with Gasteiger partial charge < -0.3 is 14.8 Å². The van der Waals surface area contributed by atoms with Crippen molar-refractivity contribution in [1.82, 2.24) is 29.7 Å². The molecule has 4 aromatic rings. The average Bonchev–Trinajstić information content (AvgIpc) is 3.52. The molecule has 3 unspecified atom stereocenters. The van der Waals surface area contributed by atoms with E-state index < -0.39 is 0 Å². The van der Waals surface area contributed by atoms with Crippen LogP contribution in [0.25, 0.3) is 21.1 Å². The van der Waals surface area contributed by atoms with Crippen molar-refractivity contribution >= 4 is 32.5 Å². The van der Waals surface area contributed by atoms with E-state index in [2.05, 4.69) is 60.0 Å². The number of H-pyrrole nitrogens is 1. The molecule has 2 fully saturated rings. The minimum Gasteiger partial charge on any atom is -0.392 e.